The van der Waals surface area contributed by atoms with Crippen LogP contribution in [-0.2, 0) is 48.2 Å². The average Bonchev–Trinajstić information content (AvgIpc) is 3.98. The fraction of sp³-hybridized carbons (Fsp3) is 0.455. The molecular weight excluding hydrogens is 891 g/mol. The van der Waals surface area contributed by atoms with Gasteiger partial charge in [0.05, 0.1) is 53.0 Å². The van der Waals surface area contributed by atoms with Gasteiger partial charge in [0.2, 0.25) is 22.6 Å². The molecule has 0 saturated carbocycles. The lowest BCUT2D eigenvalue weighted by molar-refractivity contribution is -0.0421. The number of fused-ring (bicyclic) bond motifs is 4. The third-order valence-corrected chi connectivity index (χ3v) is 13.7. The van der Waals surface area contributed by atoms with Crippen molar-refractivity contribution in [2.24, 2.45) is 11.8 Å². The summed E-state index contributed by atoms with van der Waals surface area (Å²) in [4.78, 5) is 61.3. The Labute approximate surface area is 408 Å². The quantitative estimate of drug-likeness (QED) is 0.143. The number of carboxylic acid groups (broad SMARTS) is 1. The van der Waals surface area contributed by atoms with Gasteiger partial charge < -0.3 is 43.6 Å². The molecule has 15 nitrogen and oxygen atoms in total. The van der Waals surface area contributed by atoms with Crippen molar-refractivity contribution in [3.63, 3.8) is 0 Å². The van der Waals surface area contributed by atoms with Crippen LogP contribution >= 0.6 is 0 Å². The minimum atomic E-state index is -1.23. The van der Waals surface area contributed by atoms with Gasteiger partial charge in [-0.05, 0) is 67.2 Å². The molecule has 1 amide bonds. The van der Waals surface area contributed by atoms with Gasteiger partial charge in [0, 0.05) is 83.0 Å². The monoisotopic (exact) mass is 957 g/mol. The van der Waals surface area contributed by atoms with Crippen LogP contribution in [0.15, 0.2) is 95.0 Å². The van der Waals surface area contributed by atoms with Gasteiger partial charge in [-0.3, -0.25) is 14.4 Å². The molecule has 70 heavy (non-hydrogen) atoms. The molecule has 0 bridgehead atoms. The molecule has 4 aromatic heterocycles. The van der Waals surface area contributed by atoms with E-state index in [4.69, 9.17) is 18.9 Å². The highest BCUT2D eigenvalue weighted by Crippen LogP contribution is 2.28. The number of hydrogen-bond acceptors (Lipinski definition) is 10. The lowest BCUT2D eigenvalue weighted by atomic mass is 9.99. The summed E-state index contributed by atoms with van der Waals surface area (Å²) in [6, 6.07) is 19.8. The highest BCUT2D eigenvalue weighted by atomic mass is 16.5. The molecular formula is C55H67N5O10. The van der Waals surface area contributed by atoms with E-state index in [9.17, 15) is 24.3 Å². The Hall–Kier alpha value is -6.42. The maximum Gasteiger partial charge on any atom is 0.341 e. The number of morpholine rings is 1. The normalized spacial score (nSPS) is 17.8. The van der Waals surface area contributed by atoms with E-state index in [2.05, 4.69) is 61.9 Å². The summed E-state index contributed by atoms with van der Waals surface area (Å²) in [5.74, 6) is 0.300. The molecule has 3 N–H and O–H groups in total. The molecule has 372 valence electrons. The zero-order valence-corrected chi connectivity index (χ0v) is 41.2. The van der Waals surface area contributed by atoms with E-state index in [-0.39, 0.29) is 46.3 Å². The molecule has 2 saturated heterocycles. The maximum absolute atomic E-state index is 13.5. The minimum Gasteiger partial charge on any atom is -0.477 e. The average molecular weight is 958 g/mol. The van der Waals surface area contributed by atoms with Crippen LogP contribution in [0.5, 0.6) is 11.8 Å². The Kier molecular flexibility index (Phi) is 16.9. The molecule has 2 aliphatic heterocycles. The van der Waals surface area contributed by atoms with Gasteiger partial charge in [-0.1, -0.05) is 76.2 Å². The maximum atomic E-state index is 13.5. The summed E-state index contributed by atoms with van der Waals surface area (Å²) in [7, 11) is 0. The molecule has 2 atom stereocenters. The number of carbonyl (C=O) groups excluding carboxylic acids is 1. The Morgan fingerprint density at radius 2 is 1.14 bits per heavy atom. The summed E-state index contributed by atoms with van der Waals surface area (Å²) in [6.45, 7) is 16.1. The number of carbonyl (C=O) groups is 2. The molecule has 6 aromatic rings. The van der Waals surface area contributed by atoms with Gasteiger partial charge in [-0.15, -0.1) is 0 Å². The first-order valence-corrected chi connectivity index (χ1v) is 24.6. The van der Waals surface area contributed by atoms with Crippen molar-refractivity contribution < 1.29 is 39.1 Å². The number of aromatic carboxylic acids is 1. The van der Waals surface area contributed by atoms with Crippen LogP contribution in [0, 0.1) is 11.8 Å². The molecule has 2 fully saturated rings. The number of carboxylic acids is 1. The minimum absolute atomic E-state index is 0. The van der Waals surface area contributed by atoms with Crippen LogP contribution < -0.4 is 20.3 Å². The van der Waals surface area contributed by atoms with E-state index in [0.29, 0.717) is 84.3 Å². The van der Waals surface area contributed by atoms with Gasteiger partial charge in [-0.25, -0.2) is 14.8 Å². The molecule has 2 aliphatic carbocycles. The molecule has 15 heteroatoms. The number of hydrogen-bond donors (Lipinski definition) is 1. The highest BCUT2D eigenvalue weighted by molar-refractivity contribution is 5.97. The van der Waals surface area contributed by atoms with E-state index in [0.717, 1.165) is 32.3 Å². The third kappa shape index (κ3) is 11.6. The van der Waals surface area contributed by atoms with Crippen LogP contribution in [0.2, 0.25) is 0 Å². The number of pyridine rings is 4. The van der Waals surface area contributed by atoms with Crippen molar-refractivity contribution in [3.05, 3.63) is 139 Å². The van der Waals surface area contributed by atoms with Gasteiger partial charge in [0.1, 0.15) is 23.3 Å². The number of aromatic nitrogens is 4. The van der Waals surface area contributed by atoms with Crippen molar-refractivity contribution in [2.75, 3.05) is 26.3 Å². The second-order valence-corrected chi connectivity index (χ2v) is 19.1. The summed E-state index contributed by atoms with van der Waals surface area (Å²) < 4.78 is 27.1. The Bertz CT molecular complexity index is 2870. The molecule has 10 rings (SSSR count). The second-order valence-electron chi connectivity index (χ2n) is 19.1. The SMILES string of the molecule is CC(C)[C@@H]1CCCCO1.CCn1cc(C(=O)N2CCO[C@H](C(C)C)C2)c(=O)c2cc(OC3Cc4ccccc4C3)ncc21.CCn1cc(C(=O)O)c(=O)c2cc(OC3Cc4ccccc4C3)ncc21.O. The summed E-state index contributed by atoms with van der Waals surface area (Å²) >= 11 is 0. The van der Waals surface area contributed by atoms with Gasteiger partial charge in [-0.2, -0.15) is 0 Å². The van der Waals surface area contributed by atoms with Crippen LogP contribution in [-0.4, -0.2) is 97.2 Å². The smallest absolute Gasteiger partial charge is 0.341 e. The van der Waals surface area contributed by atoms with E-state index < -0.39 is 11.4 Å². The fourth-order valence-electron chi connectivity index (χ4n) is 9.76. The number of rotatable bonds is 10. The third-order valence-electron chi connectivity index (χ3n) is 13.7. The van der Waals surface area contributed by atoms with Gasteiger partial charge in [0.25, 0.3) is 5.91 Å². The lowest BCUT2D eigenvalue weighted by Crippen LogP contribution is -2.48. The Morgan fingerprint density at radius 1 is 0.686 bits per heavy atom. The molecule has 6 heterocycles. The van der Waals surface area contributed by atoms with Crippen LogP contribution in [0.1, 0.15) is 104 Å². The number of aryl methyl sites for hydroxylation is 2. The highest BCUT2D eigenvalue weighted by Gasteiger charge is 2.30. The Morgan fingerprint density at radius 3 is 1.56 bits per heavy atom. The predicted molar refractivity (Wildman–Crippen MR) is 269 cm³/mol. The molecule has 0 spiro atoms. The van der Waals surface area contributed by atoms with E-state index in [1.807, 2.05) is 42.7 Å². The largest absolute Gasteiger partial charge is 0.477 e. The number of benzene rings is 2. The van der Waals surface area contributed by atoms with Gasteiger partial charge >= 0.3 is 5.97 Å². The van der Waals surface area contributed by atoms with Crippen molar-refractivity contribution >= 4 is 33.7 Å². The topological polar surface area (TPSA) is 196 Å². The molecule has 2 aromatic carbocycles. The molecule has 0 radical (unpaired) electrons. The molecule has 4 aliphatic rings. The number of amides is 1. The van der Waals surface area contributed by atoms with Crippen LogP contribution in [0.25, 0.3) is 21.8 Å². The van der Waals surface area contributed by atoms with Crippen molar-refractivity contribution in [1.29, 1.82) is 0 Å². The second kappa shape index (κ2) is 23.0. The summed E-state index contributed by atoms with van der Waals surface area (Å²) in [5, 5.41) is 10.1. The number of ether oxygens (including phenoxy) is 4. The predicted octanol–water partition coefficient (Wildman–Crippen LogP) is 7.51. The van der Waals surface area contributed by atoms with E-state index in [1.165, 1.54) is 47.7 Å². The summed E-state index contributed by atoms with van der Waals surface area (Å²) in [5.41, 5.74) is 5.56. The van der Waals surface area contributed by atoms with Gasteiger partial charge in [0.15, 0.2) is 0 Å². The van der Waals surface area contributed by atoms with Crippen LogP contribution in [0.4, 0.5) is 0 Å². The Balaban J connectivity index is 0.000000177. The zero-order chi connectivity index (χ0) is 48.8. The van der Waals surface area contributed by atoms with Crippen molar-refractivity contribution in [3.8, 4) is 11.8 Å². The van der Waals surface area contributed by atoms with Crippen molar-refractivity contribution in [1.82, 2.24) is 24.0 Å². The van der Waals surface area contributed by atoms with Crippen molar-refractivity contribution in [2.45, 2.75) is 124 Å². The van der Waals surface area contributed by atoms with E-state index >= 15 is 0 Å². The lowest BCUT2D eigenvalue weighted by Gasteiger charge is -2.35. The first kappa shape index (κ1) is 51.4. The standard InChI is InChI=1S/C27H31N3O4.C20H18N2O4.C8H16O.H2O/c1-4-29-15-22(27(32)30-9-10-33-24(16-30)17(2)3)26(31)21-13-25(28-14-23(21)29)34-20-11-18-7-5-6-8-19(18)12-20;1-2-22-11-16(20(24)25)19(23)15-9-18(21-10-17(15)22)26-14-7-12-5-3-4-6-13(12)8-14;1-7(2)8-5-3-4-6-9-8;/h5-8,13-15,17,20,24H,4,9-12,16H2,1-3H3;3-6,9-11,14H,2,7-8H2,1H3,(H,24,25);7-8H,3-6H2,1-2H3;1H2/t24-;;8-;/m0.0./s1. The first-order valence-electron chi connectivity index (χ1n) is 24.6. The summed E-state index contributed by atoms with van der Waals surface area (Å²) in [6.07, 6.45) is 13.9. The molecule has 0 unspecified atom stereocenters. The first-order chi connectivity index (χ1) is 33.3. The zero-order valence-electron chi connectivity index (χ0n) is 41.2. The van der Waals surface area contributed by atoms with Crippen LogP contribution in [0.3, 0.4) is 0 Å². The number of nitrogens with zero attached hydrogens (tertiary/aromatic N) is 5. The fourth-order valence-corrected chi connectivity index (χ4v) is 9.76. The van der Waals surface area contributed by atoms with E-state index in [1.54, 1.807) is 40.2 Å².